The standard InChI is InChI=1S/C15H19ClN4/c16-11-13-15(17-14-3-1-2-6-20(13)14)19-9-7-18(8-10-19)12-4-5-12/h1-3,6,12H,4-5,7-11H2. The van der Waals surface area contributed by atoms with E-state index in [-0.39, 0.29) is 0 Å². The Labute approximate surface area is 124 Å². The molecule has 1 aliphatic heterocycles. The van der Waals surface area contributed by atoms with Gasteiger partial charge in [-0.05, 0) is 25.0 Å². The molecule has 0 bridgehead atoms. The first-order valence-electron chi connectivity index (χ1n) is 7.38. The average Bonchev–Trinajstić information content (AvgIpc) is 3.28. The second kappa shape index (κ2) is 4.93. The van der Waals surface area contributed by atoms with Crippen molar-refractivity contribution in [3.63, 3.8) is 0 Å². The second-order valence-electron chi connectivity index (χ2n) is 5.70. The number of fused-ring (bicyclic) bond motifs is 1. The van der Waals surface area contributed by atoms with E-state index in [2.05, 4.69) is 14.2 Å². The summed E-state index contributed by atoms with van der Waals surface area (Å²) < 4.78 is 2.11. The van der Waals surface area contributed by atoms with Gasteiger partial charge in [0.05, 0.1) is 11.6 Å². The number of hydrogen-bond donors (Lipinski definition) is 0. The fourth-order valence-electron chi connectivity index (χ4n) is 3.15. The van der Waals surface area contributed by atoms with Crippen molar-refractivity contribution in [3.05, 3.63) is 30.1 Å². The van der Waals surface area contributed by atoms with Gasteiger partial charge in [0.1, 0.15) is 5.65 Å². The maximum atomic E-state index is 6.16. The van der Waals surface area contributed by atoms with Gasteiger partial charge in [0, 0.05) is 38.4 Å². The number of aromatic nitrogens is 2. The first-order chi connectivity index (χ1) is 9.86. The molecular weight excluding hydrogens is 272 g/mol. The zero-order chi connectivity index (χ0) is 13.5. The molecule has 1 aliphatic carbocycles. The van der Waals surface area contributed by atoms with Gasteiger partial charge in [0.15, 0.2) is 5.82 Å². The predicted molar refractivity (Wildman–Crippen MR) is 81.6 cm³/mol. The SMILES string of the molecule is ClCc1c(N2CCN(C3CC3)CC2)nc2ccccn12. The minimum absolute atomic E-state index is 0.503. The summed E-state index contributed by atoms with van der Waals surface area (Å²) in [6, 6.07) is 6.96. The largest absolute Gasteiger partial charge is 0.352 e. The number of rotatable bonds is 3. The third-order valence-corrected chi connectivity index (χ3v) is 4.66. The van der Waals surface area contributed by atoms with Gasteiger partial charge in [-0.1, -0.05) is 6.07 Å². The Balaban J connectivity index is 1.61. The highest BCUT2D eigenvalue weighted by molar-refractivity contribution is 6.17. The number of halogens is 1. The van der Waals surface area contributed by atoms with E-state index in [1.807, 2.05) is 24.4 Å². The number of pyridine rings is 1. The van der Waals surface area contributed by atoms with Crippen LogP contribution in [0.25, 0.3) is 5.65 Å². The van der Waals surface area contributed by atoms with Crippen molar-refractivity contribution in [2.24, 2.45) is 0 Å². The maximum absolute atomic E-state index is 6.16. The van der Waals surface area contributed by atoms with E-state index in [4.69, 9.17) is 16.6 Å². The fraction of sp³-hybridized carbons (Fsp3) is 0.533. The van der Waals surface area contributed by atoms with Gasteiger partial charge in [-0.25, -0.2) is 4.98 Å². The Bertz CT molecular complexity index is 611. The van der Waals surface area contributed by atoms with Crippen LogP contribution in [-0.2, 0) is 5.88 Å². The van der Waals surface area contributed by atoms with Crippen molar-refractivity contribution in [1.29, 1.82) is 0 Å². The van der Waals surface area contributed by atoms with E-state index in [1.165, 1.54) is 12.8 Å². The van der Waals surface area contributed by atoms with Crippen molar-refractivity contribution < 1.29 is 0 Å². The molecule has 0 N–H and O–H groups in total. The van der Waals surface area contributed by atoms with E-state index < -0.39 is 0 Å². The van der Waals surface area contributed by atoms with Gasteiger partial charge in [-0.3, -0.25) is 4.90 Å². The Morgan fingerprint density at radius 2 is 1.95 bits per heavy atom. The normalized spacial score (nSPS) is 20.8. The van der Waals surface area contributed by atoms with Crippen LogP contribution in [0.2, 0.25) is 0 Å². The number of hydrogen-bond acceptors (Lipinski definition) is 3. The molecule has 2 aliphatic rings. The Kier molecular flexibility index (Phi) is 3.08. The third kappa shape index (κ3) is 2.07. The molecule has 2 aromatic heterocycles. The monoisotopic (exact) mass is 290 g/mol. The number of alkyl halides is 1. The highest BCUT2D eigenvalue weighted by Gasteiger charge is 2.32. The quantitative estimate of drug-likeness (QED) is 0.811. The maximum Gasteiger partial charge on any atom is 0.152 e. The molecule has 0 aromatic carbocycles. The van der Waals surface area contributed by atoms with Gasteiger partial charge < -0.3 is 9.30 Å². The van der Waals surface area contributed by atoms with E-state index in [0.717, 1.165) is 49.4 Å². The molecule has 4 nitrogen and oxygen atoms in total. The number of anilines is 1. The topological polar surface area (TPSA) is 23.8 Å². The molecule has 3 heterocycles. The molecule has 0 spiro atoms. The third-order valence-electron chi connectivity index (χ3n) is 4.41. The molecule has 4 rings (SSSR count). The molecule has 20 heavy (non-hydrogen) atoms. The van der Waals surface area contributed by atoms with Crippen LogP contribution in [0.3, 0.4) is 0 Å². The summed E-state index contributed by atoms with van der Waals surface area (Å²) in [7, 11) is 0. The minimum Gasteiger partial charge on any atom is -0.352 e. The molecule has 1 saturated carbocycles. The lowest BCUT2D eigenvalue weighted by molar-refractivity contribution is 0.247. The number of nitrogens with zero attached hydrogens (tertiary/aromatic N) is 4. The van der Waals surface area contributed by atoms with Crippen LogP contribution in [-0.4, -0.2) is 46.5 Å². The molecule has 2 aromatic rings. The van der Waals surface area contributed by atoms with Crippen LogP contribution in [0.4, 0.5) is 5.82 Å². The van der Waals surface area contributed by atoms with Gasteiger partial charge in [-0.2, -0.15) is 0 Å². The highest BCUT2D eigenvalue weighted by atomic mass is 35.5. The summed E-state index contributed by atoms with van der Waals surface area (Å²) in [5.41, 5.74) is 2.10. The van der Waals surface area contributed by atoms with Gasteiger partial charge in [0.2, 0.25) is 0 Å². The molecule has 5 heteroatoms. The van der Waals surface area contributed by atoms with E-state index in [1.54, 1.807) is 0 Å². The first-order valence-corrected chi connectivity index (χ1v) is 7.91. The molecule has 106 valence electrons. The van der Waals surface area contributed by atoms with Crippen LogP contribution in [0.5, 0.6) is 0 Å². The summed E-state index contributed by atoms with van der Waals surface area (Å²) in [5.74, 6) is 1.57. The molecule has 0 unspecified atom stereocenters. The number of imidazole rings is 1. The van der Waals surface area contributed by atoms with Crippen molar-refractivity contribution in [2.75, 3.05) is 31.1 Å². The van der Waals surface area contributed by atoms with Crippen LogP contribution in [0.1, 0.15) is 18.5 Å². The van der Waals surface area contributed by atoms with Crippen LogP contribution in [0, 0.1) is 0 Å². The highest BCUT2D eigenvalue weighted by Crippen LogP contribution is 2.29. The van der Waals surface area contributed by atoms with Crippen molar-refractivity contribution in [1.82, 2.24) is 14.3 Å². The van der Waals surface area contributed by atoms with Crippen LogP contribution < -0.4 is 4.90 Å². The minimum atomic E-state index is 0.503. The summed E-state index contributed by atoms with van der Waals surface area (Å²) >= 11 is 6.16. The van der Waals surface area contributed by atoms with Gasteiger partial charge >= 0.3 is 0 Å². The summed E-state index contributed by atoms with van der Waals surface area (Å²) in [6.07, 6.45) is 4.83. The van der Waals surface area contributed by atoms with Crippen LogP contribution in [0.15, 0.2) is 24.4 Å². The smallest absolute Gasteiger partial charge is 0.152 e. The number of piperazine rings is 1. The van der Waals surface area contributed by atoms with Crippen molar-refractivity contribution in [2.45, 2.75) is 24.8 Å². The molecule has 0 radical (unpaired) electrons. The van der Waals surface area contributed by atoms with E-state index in [9.17, 15) is 0 Å². The average molecular weight is 291 g/mol. The Morgan fingerprint density at radius 1 is 1.15 bits per heavy atom. The molecule has 1 saturated heterocycles. The summed E-state index contributed by atoms with van der Waals surface area (Å²) in [5, 5.41) is 0. The predicted octanol–water partition coefficient (Wildman–Crippen LogP) is 2.36. The van der Waals surface area contributed by atoms with E-state index in [0.29, 0.717) is 5.88 Å². The summed E-state index contributed by atoms with van der Waals surface area (Å²) in [6.45, 7) is 4.43. The van der Waals surface area contributed by atoms with Gasteiger partial charge in [0.25, 0.3) is 0 Å². The summed E-state index contributed by atoms with van der Waals surface area (Å²) in [4.78, 5) is 9.79. The van der Waals surface area contributed by atoms with Crippen molar-refractivity contribution in [3.8, 4) is 0 Å². The second-order valence-corrected chi connectivity index (χ2v) is 5.97. The zero-order valence-corrected chi connectivity index (χ0v) is 12.3. The Morgan fingerprint density at radius 3 is 2.65 bits per heavy atom. The first kappa shape index (κ1) is 12.5. The lowest BCUT2D eigenvalue weighted by Gasteiger charge is -2.35. The molecular formula is C15H19ClN4. The van der Waals surface area contributed by atoms with E-state index >= 15 is 0 Å². The fourth-order valence-corrected chi connectivity index (χ4v) is 3.40. The Hall–Kier alpha value is -1.26. The lowest BCUT2D eigenvalue weighted by atomic mass is 10.3. The molecule has 0 atom stereocenters. The van der Waals surface area contributed by atoms with Gasteiger partial charge in [-0.15, -0.1) is 11.6 Å². The van der Waals surface area contributed by atoms with Crippen molar-refractivity contribution >= 4 is 23.1 Å². The molecule has 2 fully saturated rings. The molecule has 0 amide bonds. The lowest BCUT2D eigenvalue weighted by Crippen LogP contribution is -2.47. The zero-order valence-electron chi connectivity index (χ0n) is 11.5. The van der Waals surface area contributed by atoms with Crippen LogP contribution >= 0.6 is 11.6 Å².